The summed E-state index contributed by atoms with van der Waals surface area (Å²) in [6.07, 6.45) is 1.86. The van der Waals surface area contributed by atoms with Crippen LogP contribution in [-0.2, 0) is 0 Å². The molecule has 0 aliphatic carbocycles. The number of hydrogen-bond acceptors (Lipinski definition) is 6. The Bertz CT molecular complexity index is 1330. The Morgan fingerprint density at radius 2 is 1.77 bits per heavy atom. The van der Waals surface area contributed by atoms with Gasteiger partial charge in [-0.2, -0.15) is 5.10 Å². The summed E-state index contributed by atoms with van der Waals surface area (Å²) < 4.78 is 15.2. The Morgan fingerprint density at radius 3 is 2.52 bits per heavy atom. The molecule has 31 heavy (non-hydrogen) atoms. The minimum atomic E-state index is -0.317. The molecule has 0 spiro atoms. The van der Waals surface area contributed by atoms with E-state index in [4.69, 9.17) is 5.10 Å². The van der Waals surface area contributed by atoms with Crippen molar-refractivity contribution in [2.24, 2.45) is 0 Å². The summed E-state index contributed by atoms with van der Waals surface area (Å²) in [5.41, 5.74) is 3.03. The summed E-state index contributed by atoms with van der Waals surface area (Å²) in [6.45, 7) is 0. The second kappa shape index (κ2) is 8.21. The molecule has 0 aliphatic rings. The van der Waals surface area contributed by atoms with Crippen LogP contribution in [0.25, 0.3) is 27.5 Å². The first kappa shape index (κ1) is 19.3. The number of nitrogens with one attached hydrogen (secondary N) is 1. The number of aromatic nitrogens is 4. The van der Waals surface area contributed by atoms with E-state index < -0.39 is 0 Å². The summed E-state index contributed by atoms with van der Waals surface area (Å²) in [5.74, 6) is -0.543. The highest BCUT2D eigenvalue weighted by Crippen LogP contribution is 2.35. The molecule has 0 aliphatic heterocycles. The molecule has 0 radical (unpaired) electrons. The summed E-state index contributed by atoms with van der Waals surface area (Å²) >= 11 is 2.61. The van der Waals surface area contributed by atoms with E-state index in [1.807, 2.05) is 48.0 Å². The molecule has 0 atom stereocenters. The largest absolute Gasteiger partial charge is 0.296 e. The molecule has 6 nitrogen and oxygen atoms in total. The fourth-order valence-corrected chi connectivity index (χ4v) is 4.38. The van der Waals surface area contributed by atoms with Crippen LogP contribution in [0.3, 0.4) is 0 Å². The minimum Gasteiger partial charge on any atom is -0.296 e. The molecule has 9 heteroatoms. The summed E-state index contributed by atoms with van der Waals surface area (Å²) in [6, 6.07) is 19.4. The van der Waals surface area contributed by atoms with Crippen LogP contribution in [0, 0.1) is 5.82 Å². The first-order valence-electron chi connectivity index (χ1n) is 9.27. The van der Waals surface area contributed by atoms with Gasteiger partial charge in [0.05, 0.1) is 16.1 Å². The van der Waals surface area contributed by atoms with E-state index in [1.165, 1.54) is 34.8 Å². The monoisotopic (exact) mass is 447 g/mol. The zero-order valence-electron chi connectivity index (χ0n) is 15.9. The van der Waals surface area contributed by atoms with Gasteiger partial charge in [0.2, 0.25) is 5.13 Å². The summed E-state index contributed by atoms with van der Waals surface area (Å²) in [7, 11) is 0. The number of nitrogens with zero attached hydrogens (tertiary/aromatic N) is 4. The molecule has 152 valence electrons. The van der Waals surface area contributed by atoms with E-state index in [1.54, 1.807) is 22.9 Å². The highest BCUT2D eigenvalue weighted by atomic mass is 32.1. The molecule has 0 bridgehead atoms. The van der Waals surface area contributed by atoms with Crippen molar-refractivity contribution in [2.75, 3.05) is 5.32 Å². The first-order valence-corrected chi connectivity index (χ1v) is 11.0. The number of carbonyl (C=O) groups is 1. The standard InChI is InChI=1S/C22H14FN5OS2/c23-15-10-8-14(9-11-15)19-17(13-28(27-19)16-5-2-1-3-6-16)21-25-26-22(31-21)24-20(29)18-7-4-12-30-18/h1-13H,(H,24,26,29). The average molecular weight is 448 g/mol. The van der Waals surface area contributed by atoms with Crippen LogP contribution in [0.1, 0.15) is 9.67 Å². The van der Waals surface area contributed by atoms with E-state index >= 15 is 0 Å². The van der Waals surface area contributed by atoms with E-state index in [-0.39, 0.29) is 11.7 Å². The van der Waals surface area contributed by atoms with Crippen molar-refractivity contribution < 1.29 is 9.18 Å². The summed E-state index contributed by atoms with van der Waals surface area (Å²) in [5, 5.41) is 18.7. The first-order chi connectivity index (χ1) is 15.2. The Balaban J connectivity index is 1.53. The van der Waals surface area contributed by atoms with Crippen molar-refractivity contribution in [1.29, 1.82) is 0 Å². The van der Waals surface area contributed by atoms with Crippen molar-refractivity contribution in [3.05, 3.63) is 89.0 Å². The van der Waals surface area contributed by atoms with Crippen LogP contribution >= 0.6 is 22.7 Å². The maximum Gasteiger partial charge on any atom is 0.267 e. The smallest absolute Gasteiger partial charge is 0.267 e. The molecule has 5 aromatic rings. The zero-order chi connectivity index (χ0) is 21.2. The highest BCUT2D eigenvalue weighted by molar-refractivity contribution is 7.18. The lowest BCUT2D eigenvalue weighted by molar-refractivity contribution is 0.103. The lowest BCUT2D eigenvalue weighted by Crippen LogP contribution is -2.09. The van der Waals surface area contributed by atoms with Crippen LogP contribution in [0.2, 0.25) is 0 Å². The highest BCUT2D eigenvalue weighted by Gasteiger charge is 2.19. The van der Waals surface area contributed by atoms with Gasteiger partial charge in [0.25, 0.3) is 5.91 Å². The van der Waals surface area contributed by atoms with Gasteiger partial charge in [-0.3, -0.25) is 10.1 Å². The maximum absolute atomic E-state index is 13.5. The average Bonchev–Trinajstić information content (AvgIpc) is 3.55. The van der Waals surface area contributed by atoms with Crippen LogP contribution < -0.4 is 5.32 Å². The van der Waals surface area contributed by atoms with Crippen LogP contribution in [-0.4, -0.2) is 25.9 Å². The van der Waals surface area contributed by atoms with E-state index in [0.717, 1.165) is 16.8 Å². The van der Waals surface area contributed by atoms with Gasteiger partial charge in [-0.25, -0.2) is 9.07 Å². The van der Waals surface area contributed by atoms with Crippen LogP contribution in [0.15, 0.2) is 78.3 Å². The van der Waals surface area contributed by atoms with Crippen molar-refractivity contribution in [3.8, 4) is 27.5 Å². The predicted octanol–water partition coefficient (Wildman–Crippen LogP) is 5.51. The second-order valence-electron chi connectivity index (χ2n) is 6.52. The Morgan fingerprint density at radius 1 is 0.968 bits per heavy atom. The molecule has 1 amide bonds. The lowest BCUT2D eigenvalue weighted by Gasteiger charge is -2.00. The number of anilines is 1. The minimum absolute atomic E-state index is 0.226. The third kappa shape index (κ3) is 4.00. The van der Waals surface area contributed by atoms with Gasteiger partial charge in [0.15, 0.2) is 5.01 Å². The van der Waals surface area contributed by atoms with Crippen molar-refractivity contribution >= 4 is 33.7 Å². The van der Waals surface area contributed by atoms with Gasteiger partial charge >= 0.3 is 0 Å². The van der Waals surface area contributed by atoms with E-state index in [2.05, 4.69) is 15.5 Å². The zero-order valence-corrected chi connectivity index (χ0v) is 17.5. The molecule has 5 rings (SSSR count). The van der Waals surface area contributed by atoms with Crippen molar-refractivity contribution in [1.82, 2.24) is 20.0 Å². The van der Waals surface area contributed by atoms with E-state index in [0.29, 0.717) is 20.7 Å². The van der Waals surface area contributed by atoms with Gasteiger partial charge in [-0.15, -0.1) is 21.5 Å². The predicted molar refractivity (Wildman–Crippen MR) is 120 cm³/mol. The number of carbonyl (C=O) groups excluding carboxylic acids is 1. The van der Waals surface area contributed by atoms with Gasteiger partial charge in [-0.1, -0.05) is 35.6 Å². The number of rotatable bonds is 5. The fraction of sp³-hybridized carbons (Fsp3) is 0. The topological polar surface area (TPSA) is 72.7 Å². The number of para-hydroxylation sites is 1. The molecule has 3 aromatic heterocycles. The molecule has 0 unspecified atom stereocenters. The molecule has 3 heterocycles. The number of benzene rings is 2. The lowest BCUT2D eigenvalue weighted by atomic mass is 10.1. The summed E-state index contributed by atoms with van der Waals surface area (Å²) in [4.78, 5) is 12.9. The van der Waals surface area contributed by atoms with Crippen LogP contribution in [0.5, 0.6) is 0 Å². The Hall–Kier alpha value is -3.69. The second-order valence-corrected chi connectivity index (χ2v) is 8.45. The normalized spacial score (nSPS) is 10.9. The number of hydrogen-bond donors (Lipinski definition) is 1. The molecule has 0 fully saturated rings. The van der Waals surface area contributed by atoms with Crippen LogP contribution in [0.4, 0.5) is 9.52 Å². The number of amides is 1. The molecule has 0 saturated carbocycles. The molecular formula is C22H14FN5OS2. The Kier molecular flexibility index (Phi) is 5.11. The van der Waals surface area contributed by atoms with Gasteiger partial charge < -0.3 is 0 Å². The molecule has 0 saturated heterocycles. The third-order valence-corrected chi connectivity index (χ3v) is 6.21. The number of halogens is 1. The van der Waals surface area contributed by atoms with Gasteiger partial charge in [-0.05, 0) is 47.8 Å². The Labute approximate surface area is 184 Å². The fourth-order valence-electron chi connectivity index (χ4n) is 3.01. The van der Waals surface area contributed by atoms with Gasteiger partial charge in [0.1, 0.15) is 11.5 Å². The number of thiophene rings is 1. The molecule has 1 N–H and O–H groups in total. The van der Waals surface area contributed by atoms with E-state index in [9.17, 15) is 9.18 Å². The quantitative estimate of drug-likeness (QED) is 0.386. The molecule has 2 aromatic carbocycles. The molecular weight excluding hydrogens is 433 g/mol. The van der Waals surface area contributed by atoms with Gasteiger partial charge in [0, 0.05) is 11.8 Å². The maximum atomic E-state index is 13.5. The van der Waals surface area contributed by atoms with Crippen molar-refractivity contribution in [2.45, 2.75) is 0 Å². The third-order valence-electron chi connectivity index (χ3n) is 4.47. The van der Waals surface area contributed by atoms with Crippen molar-refractivity contribution in [3.63, 3.8) is 0 Å². The SMILES string of the molecule is O=C(Nc1nnc(-c2cn(-c3ccccc3)nc2-c2ccc(F)cc2)s1)c1cccs1.